The zero-order valence-corrected chi connectivity index (χ0v) is 12.8. The van der Waals surface area contributed by atoms with Gasteiger partial charge < -0.3 is 10.2 Å². The number of nitrogens with one attached hydrogen (secondary N) is 1. The summed E-state index contributed by atoms with van der Waals surface area (Å²) in [7, 11) is 0. The molecule has 1 heterocycles. The molecule has 1 atom stereocenters. The van der Waals surface area contributed by atoms with E-state index >= 15 is 0 Å². The van der Waals surface area contributed by atoms with Crippen molar-refractivity contribution in [2.45, 2.75) is 6.04 Å². The van der Waals surface area contributed by atoms with Crippen molar-refractivity contribution in [3.8, 4) is 0 Å². The van der Waals surface area contributed by atoms with E-state index in [-0.39, 0.29) is 11.9 Å². The summed E-state index contributed by atoms with van der Waals surface area (Å²) in [6.07, 6.45) is 0. The van der Waals surface area contributed by atoms with Crippen LogP contribution in [0.5, 0.6) is 0 Å². The van der Waals surface area contributed by atoms with Gasteiger partial charge in [0.25, 0.3) is 5.91 Å². The number of nitrogens with zero attached hydrogens (tertiary/aromatic N) is 1. The first kappa shape index (κ1) is 14.0. The number of amides is 1. The molecule has 0 radical (unpaired) electrons. The molecule has 1 aromatic rings. The Kier molecular flexibility index (Phi) is 4.75. The highest BCUT2D eigenvalue weighted by atomic mass is 79.9. The van der Waals surface area contributed by atoms with Crippen LogP contribution in [-0.4, -0.2) is 43.2 Å². The third kappa shape index (κ3) is 3.10. The number of hydrogen-bond acceptors (Lipinski definition) is 2. The lowest BCUT2D eigenvalue weighted by molar-refractivity contribution is 0.0691. The summed E-state index contributed by atoms with van der Waals surface area (Å²) >= 11 is 6.73. The van der Waals surface area contributed by atoms with Gasteiger partial charge in [-0.3, -0.25) is 4.79 Å². The molecule has 1 N–H and O–H groups in total. The molecule has 0 aromatic heterocycles. The average molecular weight is 380 g/mol. The highest BCUT2D eigenvalue weighted by Gasteiger charge is 2.25. The summed E-state index contributed by atoms with van der Waals surface area (Å²) in [5, 5.41) is 3.04. The largest absolute Gasteiger partial charge is 0.336 e. The van der Waals surface area contributed by atoms with Crippen LogP contribution in [0, 0.1) is 0 Å². The summed E-state index contributed by atoms with van der Waals surface area (Å²) in [6, 6.07) is 5.18. The molecule has 0 bridgehead atoms. The van der Waals surface area contributed by atoms with Gasteiger partial charge in [-0.15, -0.1) is 0 Å². The number of hydrogen-bond donors (Lipinski definition) is 1. The van der Waals surface area contributed by atoms with Crippen LogP contribution in [0.2, 0.25) is 0 Å². The summed E-state index contributed by atoms with van der Waals surface area (Å²) in [5.41, 5.74) is 0.609. The lowest BCUT2D eigenvalue weighted by Crippen LogP contribution is -2.53. The van der Waals surface area contributed by atoms with Crippen LogP contribution in [0.3, 0.4) is 0 Å². The molecular formula is C12H13Br2FN2O. The van der Waals surface area contributed by atoms with Crippen LogP contribution in [0.1, 0.15) is 10.4 Å². The molecule has 1 fully saturated rings. The maximum Gasteiger partial charge on any atom is 0.255 e. The number of alkyl halides is 1. The van der Waals surface area contributed by atoms with E-state index in [9.17, 15) is 9.18 Å². The topological polar surface area (TPSA) is 32.3 Å². The molecule has 0 spiro atoms. The minimum atomic E-state index is -0.453. The maximum atomic E-state index is 12.6. The van der Waals surface area contributed by atoms with Crippen LogP contribution in [0.15, 0.2) is 27.1 Å². The zero-order chi connectivity index (χ0) is 13.1. The quantitative estimate of drug-likeness (QED) is 0.856. The molecule has 98 valence electrons. The Hall–Kier alpha value is -0.460. The maximum absolute atomic E-state index is 12.6. The number of halogens is 3. The molecule has 0 aliphatic carbocycles. The summed E-state index contributed by atoms with van der Waals surface area (Å²) in [6.45, 7) is 1.20. The van der Waals surface area contributed by atoms with Crippen LogP contribution in [0.4, 0.5) is 4.39 Å². The number of carbonyl (C=O) groups excluding carboxylic acids is 1. The Morgan fingerprint density at radius 2 is 2.28 bits per heavy atom. The molecule has 18 heavy (non-hydrogen) atoms. The third-order valence-corrected chi connectivity index (χ3v) is 4.04. The molecule has 1 aliphatic heterocycles. The number of piperazine rings is 1. The van der Waals surface area contributed by atoms with E-state index in [2.05, 4.69) is 37.2 Å². The van der Waals surface area contributed by atoms with E-state index in [0.29, 0.717) is 25.2 Å². The van der Waals surface area contributed by atoms with Crippen LogP contribution >= 0.6 is 31.9 Å². The van der Waals surface area contributed by atoms with Gasteiger partial charge in [0.05, 0.1) is 11.6 Å². The molecule has 1 unspecified atom stereocenters. The minimum Gasteiger partial charge on any atom is -0.336 e. The van der Waals surface area contributed by atoms with Crippen molar-refractivity contribution in [1.29, 1.82) is 0 Å². The van der Waals surface area contributed by atoms with Gasteiger partial charge in [-0.2, -0.15) is 0 Å². The number of benzene rings is 1. The van der Waals surface area contributed by atoms with Crippen LogP contribution in [-0.2, 0) is 0 Å². The Labute approximate surface area is 122 Å². The number of carbonyl (C=O) groups is 1. The van der Waals surface area contributed by atoms with E-state index in [4.69, 9.17) is 0 Å². The van der Waals surface area contributed by atoms with E-state index in [1.807, 2.05) is 12.1 Å². The van der Waals surface area contributed by atoms with E-state index in [0.717, 1.165) is 8.95 Å². The van der Waals surface area contributed by atoms with Gasteiger partial charge in [-0.1, -0.05) is 15.9 Å². The van der Waals surface area contributed by atoms with Crippen molar-refractivity contribution in [1.82, 2.24) is 10.2 Å². The standard InChI is InChI=1S/C12H13Br2FN2O/c13-8-1-2-10(11(14)5-8)12(18)17-4-3-16-9(6-15)7-17/h1-2,5,9,16H,3-4,6-7H2. The molecule has 3 nitrogen and oxygen atoms in total. The van der Waals surface area contributed by atoms with Crippen molar-refractivity contribution in [2.75, 3.05) is 26.3 Å². The van der Waals surface area contributed by atoms with Crippen molar-refractivity contribution in [2.24, 2.45) is 0 Å². The molecule has 1 aromatic carbocycles. The monoisotopic (exact) mass is 378 g/mol. The molecular weight excluding hydrogens is 367 g/mol. The fraction of sp³-hybridized carbons (Fsp3) is 0.417. The third-order valence-electron chi connectivity index (χ3n) is 2.89. The van der Waals surface area contributed by atoms with Gasteiger partial charge in [0, 0.05) is 28.6 Å². The predicted octanol–water partition coefficient (Wildman–Crippen LogP) is 2.60. The van der Waals surface area contributed by atoms with Gasteiger partial charge in [0.15, 0.2) is 0 Å². The van der Waals surface area contributed by atoms with Crippen molar-refractivity contribution < 1.29 is 9.18 Å². The highest BCUT2D eigenvalue weighted by molar-refractivity contribution is 9.11. The fourth-order valence-electron chi connectivity index (χ4n) is 1.95. The van der Waals surface area contributed by atoms with Crippen molar-refractivity contribution in [3.63, 3.8) is 0 Å². The van der Waals surface area contributed by atoms with Gasteiger partial charge in [0.2, 0.25) is 0 Å². The van der Waals surface area contributed by atoms with Gasteiger partial charge >= 0.3 is 0 Å². The summed E-state index contributed by atoms with van der Waals surface area (Å²) in [5.74, 6) is -0.0608. The molecule has 1 amide bonds. The van der Waals surface area contributed by atoms with Gasteiger partial charge in [-0.05, 0) is 34.1 Å². The first-order valence-electron chi connectivity index (χ1n) is 5.65. The zero-order valence-electron chi connectivity index (χ0n) is 9.63. The normalized spacial score (nSPS) is 19.9. The second-order valence-electron chi connectivity index (χ2n) is 4.18. The predicted molar refractivity (Wildman–Crippen MR) is 75.5 cm³/mol. The van der Waals surface area contributed by atoms with Gasteiger partial charge in [0.1, 0.15) is 6.67 Å². The summed E-state index contributed by atoms with van der Waals surface area (Å²) < 4.78 is 14.3. The molecule has 1 aliphatic rings. The average Bonchev–Trinajstić information content (AvgIpc) is 2.38. The van der Waals surface area contributed by atoms with Crippen LogP contribution < -0.4 is 5.32 Å². The van der Waals surface area contributed by atoms with E-state index in [1.54, 1.807) is 11.0 Å². The molecule has 6 heteroatoms. The highest BCUT2D eigenvalue weighted by Crippen LogP contribution is 2.23. The second kappa shape index (κ2) is 6.12. The van der Waals surface area contributed by atoms with E-state index in [1.165, 1.54) is 0 Å². The first-order chi connectivity index (χ1) is 8.61. The smallest absolute Gasteiger partial charge is 0.255 e. The molecule has 2 rings (SSSR count). The number of rotatable bonds is 2. The summed E-state index contributed by atoms with van der Waals surface area (Å²) in [4.78, 5) is 14.0. The lowest BCUT2D eigenvalue weighted by atomic mass is 10.1. The second-order valence-corrected chi connectivity index (χ2v) is 5.95. The SMILES string of the molecule is O=C(c1ccc(Br)cc1Br)N1CCNC(CF)C1. The fourth-order valence-corrected chi connectivity index (χ4v) is 3.16. The molecule has 1 saturated heterocycles. The Bertz CT molecular complexity index is 456. The van der Waals surface area contributed by atoms with Crippen LogP contribution in [0.25, 0.3) is 0 Å². The van der Waals surface area contributed by atoms with Crippen molar-refractivity contribution in [3.05, 3.63) is 32.7 Å². The Morgan fingerprint density at radius 3 is 2.94 bits per heavy atom. The Balaban J connectivity index is 2.15. The molecule has 0 saturated carbocycles. The van der Waals surface area contributed by atoms with Crippen molar-refractivity contribution >= 4 is 37.8 Å². The lowest BCUT2D eigenvalue weighted by Gasteiger charge is -2.32. The van der Waals surface area contributed by atoms with Gasteiger partial charge in [-0.25, -0.2) is 4.39 Å². The Morgan fingerprint density at radius 1 is 1.50 bits per heavy atom. The minimum absolute atomic E-state index is 0.0608. The van der Waals surface area contributed by atoms with E-state index < -0.39 is 6.67 Å². The first-order valence-corrected chi connectivity index (χ1v) is 7.24.